The number of rotatable bonds is 7. The van der Waals surface area contributed by atoms with Crippen LogP contribution < -0.4 is 16.4 Å². The first-order valence-electron chi connectivity index (χ1n) is 7.19. The van der Waals surface area contributed by atoms with Crippen molar-refractivity contribution in [2.45, 2.75) is 19.1 Å². The van der Waals surface area contributed by atoms with Gasteiger partial charge < -0.3 is 25.9 Å². The van der Waals surface area contributed by atoms with Crippen LogP contribution in [0.15, 0.2) is 46.9 Å². The molecule has 7 nitrogen and oxygen atoms in total. The van der Waals surface area contributed by atoms with Gasteiger partial charge in [-0.1, -0.05) is 30.3 Å². The lowest BCUT2D eigenvalue weighted by Gasteiger charge is -2.11. The maximum absolute atomic E-state index is 11.6. The summed E-state index contributed by atoms with van der Waals surface area (Å²) in [4.78, 5) is 22.5. The first kappa shape index (κ1) is 16.6. The predicted molar refractivity (Wildman–Crippen MR) is 83.5 cm³/mol. The minimum atomic E-state index is -0.657. The molecule has 122 valence electrons. The molecule has 2 aromatic rings. The van der Waals surface area contributed by atoms with E-state index in [1.54, 1.807) is 6.07 Å². The average Bonchev–Trinajstić information content (AvgIpc) is 3.03. The predicted octanol–water partition coefficient (Wildman–Crippen LogP) is 1.30. The number of carbonyl (C=O) groups excluding carboxylic acids is 2. The fraction of sp³-hybridized carbons (Fsp3) is 0.250. The van der Waals surface area contributed by atoms with Crippen molar-refractivity contribution in [3.8, 4) is 0 Å². The summed E-state index contributed by atoms with van der Waals surface area (Å²) in [5.74, 6) is -0.179. The monoisotopic (exact) mass is 317 g/mol. The van der Waals surface area contributed by atoms with Gasteiger partial charge in [0.05, 0.1) is 12.6 Å². The average molecular weight is 317 g/mol. The van der Waals surface area contributed by atoms with Crippen molar-refractivity contribution >= 4 is 11.9 Å². The van der Waals surface area contributed by atoms with E-state index in [1.807, 2.05) is 30.3 Å². The highest BCUT2D eigenvalue weighted by Gasteiger charge is 2.09. The van der Waals surface area contributed by atoms with Crippen LogP contribution in [-0.2, 0) is 6.54 Å². The summed E-state index contributed by atoms with van der Waals surface area (Å²) in [5.41, 5.74) is 5.88. The Morgan fingerprint density at radius 2 is 1.87 bits per heavy atom. The van der Waals surface area contributed by atoms with Crippen molar-refractivity contribution in [2.24, 2.45) is 5.73 Å². The molecule has 1 aromatic carbocycles. The van der Waals surface area contributed by atoms with Crippen LogP contribution in [0.5, 0.6) is 0 Å². The number of carbonyl (C=O) groups is 2. The van der Waals surface area contributed by atoms with Gasteiger partial charge in [0.15, 0.2) is 5.76 Å². The van der Waals surface area contributed by atoms with Gasteiger partial charge in [0.25, 0.3) is 5.91 Å². The van der Waals surface area contributed by atoms with Crippen LogP contribution in [0.1, 0.15) is 34.4 Å². The molecular weight excluding hydrogens is 298 g/mol. The molecule has 0 fully saturated rings. The molecule has 5 N–H and O–H groups in total. The van der Waals surface area contributed by atoms with E-state index in [9.17, 15) is 14.7 Å². The van der Waals surface area contributed by atoms with Gasteiger partial charge in [-0.05, 0) is 24.1 Å². The number of furan rings is 1. The van der Waals surface area contributed by atoms with Gasteiger partial charge in [0.1, 0.15) is 5.76 Å². The molecule has 0 unspecified atom stereocenters. The van der Waals surface area contributed by atoms with E-state index in [-0.39, 0.29) is 18.3 Å². The Bertz CT molecular complexity index is 654. The van der Waals surface area contributed by atoms with Gasteiger partial charge in [-0.25, -0.2) is 4.79 Å². The summed E-state index contributed by atoms with van der Waals surface area (Å²) in [6.45, 7) is 0.465. The fourth-order valence-corrected chi connectivity index (χ4v) is 2.00. The lowest BCUT2D eigenvalue weighted by atomic mass is 10.1. The van der Waals surface area contributed by atoms with Gasteiger partial charge in [-0.2, -0.15) is 0 Å². The second kappa shape index (κ2) is 8.00. The van der Waals surface area contributed by atoms with E-state index < -0.39 is 12.0 Å². The molecule has 0 spiro atoms. The Labute approximate surface area is 133 Å². The van der Waals surface area contributed by atoms with Gasteiger partial charge in [0.2, 0.25) is 0 Å². The first-order valence-corrected chi connectivity index (χ1v) is 7.19. The zero-order valence-corrected chi connectivity index (χ0v) is 12.5. The zero-order chi connectivity index (χ0) is 16.7. The van der Waals surface area contributed by atoms with E-state index in [1.165, 1.54) is 6.07 Å². The minimum Gasteiger partial charge on any atom is -0.454 e. The lowest BCUT2D eigenvalue weighted by molar-refractivity contribution is 0.0972. The summed E-state index contributed by atoms with van der Waals surface area (Å²) in [6.07, 6.45) is -0.219. The van der Waals surface area contributed by atoms with Crippen molar-refractivity contribution in [3.05, 3.63) is 59.5 Å². The van der Waals surface area contributed by atoms with Crippen LogP contribution in [0.3, 0.4) is 0 Å². The van der Waals surface area contributed by atoms with Crippen LogP contribution in [0, 0.1) is 0 Å². The van der Waals surface area contributed by atoms with E-state index in [4.69, 9.17) is 10.2 Å². The third-order valence-electron chi connectivity index (χ3n) is 3.22. The standard InChI is InChI=1S/C16H19N3O4/c17-15(21)14-7-6-12(23-14)10-19-16(22)18-9-8-13(20)11-4-2-1-3-5-11/h1-7,13,20H,8-10H2,(H2,17,21)(H2,18,19,22)/t13-/m0/s1. The van der Waals surface area contributed by atoms with Crippen LogP contribution in [-0.4, -0.2) is 23.6 Å². The number of primary amides is 1. The molecule has 1 heterocycles. The molecule has 23 heavy (non-hydrogen) atoms. The van der Waals surface area contributed by atoms with E-state index in [2.05, 4.69) is 10.6 Å². The highest BCUT2D eigenvalue weighted by atomic mass is 16.4. The maximum Gasteiger partial charge on any atom is 0.315 e. The Balaban J connectivity index is 1.68. The van der Waals surface area contributed by atoms with Crippen molar-refractivity contribution < 1.29 is 19.1 Å². The molecule has 0 aliphatic rings. The largest absolute Gasteiger partial charge is 0.454 e. The van der Waals surface area contributed by atoms with Crippen LogP contribution in [0.2, 0.25) is 0 Å². The number of hydrogen-bond donors (Lipinski definition) is 4. The number of nitrogens with one attached hydrogen (secondary N) is 2. The normalized spacial score (nSPS) is 11.7. The molecule has 0 radical (unpaired) electrons. The molecule has 0 aliphatic carbocycles. The van der Waals surface area contributed by atoms with Gasteiger partial charge in [-0.3, -0.25) is 4.79 Å². The fourth-order valence-electron chi connectivity index (χ4n) is 2.00. The van der Waals surface area contributed by atoms with E-state index in [0.717, 1.165) is 5.56 Å². The van der Waals surface area contributed by atoms with Crippen molar-refractivity contribution in [2.75, 3.05) is 6.54 Å². The smallest absolute Gasteiger partial charge is 0.315 e. The van der Waals surface area contributed by atoms with E-state index in [0.29, 0.717) is 18.7 Å². The summed E-state index contributed by atoms with van der Waals surface area (Å²) < 4.78 is 5.14. The number of amides is 3. The molecule has 0 saturated carbocycles. The minimum absolute atomic E-state index is 0.0493. The van der Waals surface area contributed by atoms with Gasteiger partial charge in [0, 0.05) is 6.54 Å². The molecule has 2 rings (SSSR count). The quantitative estimate of drug-likeness (QED) is 0.615. The van der Waals surface area contributed by atoms with Gasteiger partial charge >= 0.3 is 6.03 Å². The SMILES string of the molecule is NC(=O)c1ccc(CNC(=O)NCC[C@H](O)c2ccccc2)o1. The Morgan fingerprint density at radius 1 is 1.13 bits per heavy atom. The third kappa shape index (κ3) is 5.15. The van der Waals surface area contributed by atoms with Crippen LogP contribution in [0.25, 0.3) is 0 Å². The van der Waals surface area contributed by atoms with Crippen molar-refractivity contribution in [1.82, 2.24) is 10.6 Å². The molecule has 3 amide bonds. The summed E-state index contributed by atoms with van der Waals surface area (Å²) >= 11 is 0. The molecule has 0 aliphatic heterocycles. The molecule has 0 saturated heterocycles. The summed E-state index contributed by atoms with van der Waals surface area (Å²) in [5, 5.41) is 15.2. The number of nitrogens with two attached hydrogens (primary N) is 1. The Morgan fingerprint density at radius 3 is 2.52 bits per heavy atom. The van der Waals surface area contributed by atoms with Crippen molar-refractivity contribution in [3.63, 3.8) is 0 Å². The molecule has 0 bridgehead atoms. The lowest BCUT2D eigenvalue weighted by Crippen LogP contribution is -2.35. The van der Waals surface area contributed by atoms with Gasteiger partial charge in [-0.15, -0.1) is 0 Å². The summed E-state index contributed by atoms with van der Waals surface area (Å²) in [7, 11) is 0. The highest BCUT2D eigenvalue weighted by Crippen LogP contribution is 2.14. The van der Waals surface area contributed by atoms with Crippen molar-refractivity contribution in [1.29, 1.82) is 0 Å². The molecular formula is C16H19N3O4. The number of urea groups is 1. The second-order valence-electron chi connectivity index (χ2n) is 4.95. The number of aliphatic hydroxyl groups is 1. The first-order chi connectivity index (χ1) is 11.1. The number of hydrogen-bond acceptors (Lipinski definition) is 4. The number of benzene rings is 1. The Kier molecular flexibility index (Phi) is 5.76. The topological polar surface area (TPSA) is 118 Å². The van der Waals surface area contributed by atoms with Crippen LogP contribution in [0.4, 0.5) is 4.79 Å². The number of aliphatic hydroxyl groups excluding tert-OH is 1. The molecule has 7 heteroatoms. The highest BCUT2D eigenvalue weighted by molar-refractivity contribution is 5.89. The molecule has 1 atom stereocenters. The van der Waals surface area contributed by atoms with E-state index >= 15 is 0 Å². The molecule has 1 aromatic heterocycles. The van der Waals surface area contributed by atoms with Crippen LogP contribution >= 0.6 is 0 Å². The third-order valence-corrected chi connectivity index (χ3v) is 3.22. The zero-order valence-electron chi connectivity index (χ0n) is 12.5. The maximum atomic E-state index is 11.6. The second-order valence-corrected chi connectivity index (χ2v) is 4.95. The Hall–Kier alpha value is -2.80. The summed E-state index contributed by atoms with van der Waals surface area (Å²) in [6, 6.07) is 11.9.